The zero-order valence-electron chi connectivity index (χ0n) is 24.8. The first-order valence-corrected chi connectivity index (χ1v) is 15.0. The summed E-state index contributed by atoms with van der Waals surface area (Å²) in [6.07, 6.45) is 1.64. The molecular formula is C33H35N3O7S. The second kappa shape index (κ2) is 16.7. The maximum atomic E-state index is 13.0. The molecule has 3 aromatic carbocycles. The molecule has 0 fully saturated rings. The third-order valence-corrected chi connectivity index (χ3v) is 7.26. The fourth-order valence-electron chi connectivity index (χ4n) is 3.83. The van der Waals surface area contributed by atoms with Crippen molar-refractivity contribution in [2.45, 2.75) is 32.6 Å². The van der Waals surface area contributed by atoms with Crippen molar-refractivity contribution in [2.24, 2.45) is 5.73 Å². The zero-order valence-corrected chi connectivity index (χ0v) is 25.6. The van der Waals surface area contributed by atoms with E-state index in [0.717, 1.165) is 5.56 Å². The van der Waals surface area contributed by atoms with Gasteiger partial charge in [0.05, 0.1) is 24.3 Å². The van der Waals surface area contributed by atoms with Gasteiger partial charge in [-0.3, -0.25) is 10.2 Å². The van der Waals surface area contributed by atoms with Crippen LogP contribution in [0.3, 0.4) is 0 Å². The van der Waals surface area contributed by atoms with Gasteiger partial charge in [-0.05, 0) is 86.5 Å². The van der Waals surface area contributed by atoms with Crippen LogP contribution in [0.2, 0.25) is 0 Å². The number of esters is 3. The molecule has 230 valence electrons. The molecule has 11 heteroatoms. The molecule has 0 radical (unpaired) electrons. The highest BCUT2D eigenvalue weighted by molar-refractivity contribution is 7.98. The summed E-state index contributed by atoms with van der Waals surface area (Å²) in [6, 6.07) is 19.0. The fraction of sp³-hybridized carbons (Fsp3) is 0.242. The summed E-state index contributed by atoms with van der Waals surface area (Å²) in [6.45, 7) is 5.55. The van der Waals surface area contributed by atoms with Crippen molar-refractivity contribution in [2.75, 3.05) is 19.0 Å². The Labute approximate surface area is 260 Å². The van der Waals surface area contributed by atoms with Crippen molar-refractivity contribution < 1.29 is 33.4 Å². The molecule has 0 bridgehead atoms. The highest BCUT2D eigenvalue weighted by atomic mass is 32.2. The maximum Gasteiger partial charge on any atom is 0.343 e. The third kappa shape index (κ3) is 10.1. The molecule has 0 heterocycles. The molecule has 0 aliphatic carbocycles. The predicted molar refractivity (Wildman–Crippen MR) is 170 cm³/mol. The molecule has 0 saturated heterocycles. The van der Waals surface area contributed by atoms with Gasteiger partial charge >= 0.3 is 17.9 Å². The summed E-state index contributed by atoms with van der Waals surface area (Å²) < 4.78 is 15.5. The standard InChI is InChI=1S/C33H35N3O7S/c1-4-41-31(38)25-12-8-23(9-13-25)19-44-20-28(33(40)42-5-2)36-30(37)21(3)18-22-6-10-26(11-7-22)32(39)43-27-16-14-24(15-17-27)29(34)35/h6-18,28H,4-5,19-20H2,1-3H3,(H3,34,35)(H,36,37)/b21-18+/t28-/m1/s1. The van der Waals surface area contributed by atoms with E-state index in [9.17, 15) is 19.2 Å². The molecule has 3 aromatic rings. The number of carbonyl (C=O) groups excluding carboxylic acids is 4. The highest BCUT2D eigenvalue weighted by Crippen LogP contribution is 2.18. The number of thioether (sulfide) groups is 1. The predicted octanol–water partition coefficient (Wildman–Crippen LogP) is 4.75. The fourth-order valence-corrected chi connectivity index (χ4v) is 4.83. The smallest absolute Gasteiger partial charge is 0.343 e. The van der Waals surface area contributed by atoms with E-state index in [4.69, 9.17) is 25.4 Å². The second-order valence-corrected chi connectivity index (χ2v) is 10.5. The Morgan fingerprint density at radius 2 is 1.41 bits per heavy atom. The summed E-state index contributed by atoms with van der Waals surface area (Å²) in [4.78, 5) is 49.9. The summed E-state index contributed by atoms with van der Waals surface area (Å²) in [5.41, 5.74) is 8.73. The number of hydrogen-bond donors (Lipinski definition) is 3. The first kappa shape index (κ1) is 33.6. The van der Waals surface area contributed by atoms with Crippen LogP contribution >= 0.6 is 11.8 Å². The molecule has 10 nitrogen and oxygen atoms in total. The van der Waals surface area contributed by atoms with Gasteiger partial charge in [0.15, 0.2) is 0 Å². The van der Waals surface area contributed by atoms with Crippen molar-refractivity contribution in [1.29, 1.82) is 5.41 Å². The number of hydrogen-bond acceptors (Lipinski definition) is 9. The Hall–Kier alpha value is -4.90. The maximum absolute atomic E-state index is 13.0. The zero-order chi connectivity index (χ0) is 32.1. The number of nitrogen functional groups attached to an aromatic ring is 1. The average Bonchev–Trinajstić information content (AvgIpc) is 3.01. The largest absolute Gasteiger partial charge is 0.464 e. The summed E-state index contributed by atoms with van der Waals surface area (Å²) >= 11 is 1.45. The Kier molecular flexibility index (Phi) is 12.7. The van der Waals surface area contributed by atoms with Crippen molar-refractivity contribution in [3.8, 4) is 5.75 Å². The quantitative estimate of drug-likeness (QED) is 0.0763. The van der Waals surface area contributed by atoms with Gasteiger partial charge in [-0.25, -0.2) is 14.4 Å². The molecule has 1 amide bonds. The molecule has 4 N–H and O–H groups in total. The van der Waals surface area contributed by atoms with E-state index in [2.05, 4.69) is 5.32 Å². The Morgan fingerprint density at radius 3 is 2.00 bits per heavy atom. The first-order valence-electron chi connectivity index (χ1n) is 13.9. The Bertz CT molecular complexity index is 1500. The van der Waals surface area contributed by atoms with Crippen LogP contribution in [0.5, 0.6) is 5.75 Å². The van der Waals surface area contributed by atoms with Gasteiger partial charge in [-0.15, -0.1) is 0 Å². The van der Waals surface area contributed by atoms with Gasteiger partial charge < -0.3 is 25.3 Å². The van der Waals surface area contributed by atoms with Gasteiger partial charge in [-0.1, -0.05) is 24.3 Å². The summed E-state index contributed by atoms with van der Waals surface area (Å²) in [5, 5.41) is 10.2. The normalized spacial score (nSPS) is 11.7. The lowest BCUT2D eigenvalue weighted by Gasteiger charge is -2.17. The van der Waals surface area contributed by atoms with E-state index in [1.54, 1.807) is 87.5 Å². The molecule has 0 aromatic heterocycles. The van der Waals surface area contributed by atoms with Crippen LogP contribution in [0, 0.1) is 5.41 Å². The number of amidine groups is 1. The van der Waals surface area contributed by atoms with Crippen molar-refractivity contribution in [1.82, 2.24) is 5.32 Å². The molecular weight excluding hydrogens is 582 g/mol. The number of ether oxygens (including phenoxy) is 3. The summed E-state index contributed by atoms with van der Waals surface area (Å²) in [5.74, 6) is -0.825. The lowest BCUT2D eigenvalue weighted by atomic mass is 10.1. The molecule has 0 saturated carbocycles. The highest BCUT2D eigenvalue weighted by Gasteiger charge is 2.23. The van der Waals surface area contributed by atoms with Crippen molar-refractivity contribution >= 4 is 47.5 Å². The molecule has 1 atom stereocenters. The van der Waals surface area contributed by atoms with Crippen LogP contribution in [0.25, 0.3) is 6.08 Å². The molecule has 3 rings (SSSR count). The molecule has 0 unspecified atom stereocenters. The average molecular weight is 618 g/mol. The first-order chi connectivity index (χ1) is 21.1. The lowest BCUT2D eigenvalue weighted by Crippen LogP contribution is -2.44. The van der Waals surface area contributed by atoms with E-state index in [1.165, 1.54) is 11.8 Å². The SMILES string of the molecule is CCOC(=O)c1ccc(CSC[C@@H](NC(=O)/C(C)=C/c2ccc(C(=O)Oc3ccc(C(=N)N)cc3)cc2)C(=O)OCC)cc1. The van der Waals surface area contributed by atoms with Gasteiger partial charge in [-0.2, -0.15) is 11.8 Å². The second-order valence-electron chi connectivity index (χ2n) is 9.49. The number of nitrogens with two attached hydrogens (primary N) is 1. The van der Waals surface area contributed by atoms with E-state index in [-0.39, 0.29) is 24.2 Å². The molecule has 0 aliphatic heterocycles. The van der Waals surface area contributed by atoms with Crippen LogP contribution in [-0.2, 0) is 24.8 Å². The van der Waals surface area contributed by atoms with Gasteiger partial charge in [0, 0.05) is 22.6 Å². The van der Waals surface area contributed by atoms with Crippen molar-refractivity contribution in [3.63, 3.8) is 0 Å². The van der Waals surface area contributed by atoms with Gasteiger partial charge in [0.2, 0.25) is 5.91 Å². The number of carbonyl (C=O) groups is 4. The van der Waals surface area contributed by atoms with Crippen LogP contribution in [-0.4, -0.2) is 54.7 Å². The topological polar surface area (TPSA) is 158 Å². The minimum atomic E-state index is -0.865. The third-order valence-electron chi connectivity index (χ3n) is 6.16. The minimum absolute atomic E-state index is 0.0816. The number of nitrogens with one attached hydrogen (secondary N) is 2. The Morgan fingerprint density at radius 1 is 0.841 bits per heavy atom. The Balaban J connectivity index is 1.57. The van der Waals surface area contributed by atoms with Gasteiger partial charge in [0.1, 0.15) is 17.6 Å². The monoisotopic (exact) mass is 617 g/mol. The van der Waals surface area contributed by atoms with E-state index in [1.807, 2.05) is 12.1 Å². The van der Waals surface area contributed by atoms with E-state index < -0.39 is 23.9 Å². The van der Waals surface area contributed by atoms with Gasteiger partial charge in [0.25, 0.3) is 0 Å². The lowest BCUT2D eigenvalue weighted by molar-refractivity contribution is -0.146. The number of benzene rings is 3. The number of amides is 1. The van der Waals surface area contributed by atoms with E-state index in [0.29, 0.717) is 45.9 Å². The van der Waals surface area contributed by atoms with Crippen LogP contribution in [0.15, 0.2) is 78.4 Å². The van der Waals surface area contributed by atoms with E-state index >= 15 is 0 Å². The molecule has 0 spiro atoms. The minimum Gasteiger partial charge on any atom is -0.464 e. The van der Waals surface area contributed by atoms with Crippen LogP contribution in [0.4, 0.5) is 0 Å². The van der Waals surface area contributed by atoms with Crippen LogP contribution in [0.1, 0.15) is 58.2 Å². The van der Waals surface area contributed by atoms with Crippen LogP contribution < -0.4 is 15.8 Å². The molecule has 0 aliphatic rings. The molecule has 44 heavy (non-hydrogen) atoms. The summed E-state index contributed by atoms with van der Waals surface area (Å²) in [7, 11) is 0. The van der Waals surface area contributed by atoms with Crippen molar-refractivity contribution in [3.05, 3.63) is 106 Å². The number of rotatable bonds is 14.